The minimum atomic E-state index is -0.0812. The van der Waals surface area contributed by atoms with E-state index in [-0.39, 0.29) is 11.9 Å². The van der Waals surface area contributed by atoms with Crippen molar-refractivity contribution in [2.45, 2.75) is 19.0 Å². The Balaban J connectivity index is 1.41. The highest BCUT2D eigenvalue weighted by molar-refractivity contribution is 7.10. The zero-order chi connectivity index (χ0) is 20.3. The molecule has 5 nitrogen and oxygen atoms in total. The van der Waals surface area contributed by atoms with Gasteiger partial charge in [-0.15, -0.1) is 11.3 Å². The molecule has 1 amide bonds. The van der Waals surface area contributed by atoms with Gasteiger partial charge in [-0.05, 0) is 29.1 Å². The Morgan fingerprint density at radius 3 is 2.67 bits per heavy atom. The summed E-state index contributed by atoms with van der Waals surface area (Å²) in [6, 6.07) is 22.5. The van der Waals surface area contributed by atoms with Crippen LogP contribution in [0, 0.1) is 0 Å². The number of imidazole rings is 1. The van der Waals surface area contributed by atoms with E-state index in [9.17, 15) is 4.79 Å². The summed E-state index contributed by atoms with van der Waals surface area (Å²) in [5.74, 6) is 1.04. The maximum absolute atomic E-state index is 13.2. The van der Waals surface area contributed by atoms with E-state index in [4.69, 9.17) is 4.98 Å². The topological polar surface area (TPSA) is 52.2 Å². The second-order valence-corrected chi connectivity index (χ2v) is 8.75. The number of benzene rings is 2. The molecule has 5 rings (SSSR count). The van der Waals surface area contributed by atoms with Crippen LogP contribution in [0.25, 0.3) is 11.0 Å². The number of aromatic amines is 1. The average molecular weight is 417 g/mol. The molecule has 6 heteroatoms. The lowest BCUT2D eigenvalue weighted by Crippen LogP contribution is -2.51. The molecule has 0 bridgehead atoms. The maximum Gasteiger partial charge on any atom is 0.228 e. The van der Waals surface area contributed by atoms with Gasteiger partial charge in [-0.1, -0.05) is 48.5 Å². The number of hydrogen-bond donors (Lipinski definition) is 1. The summed E-state index contributed by atoms with van der Waals surface area (Å²) < 4.78 is 0. The average Bonchev–Trinajstić information content (AvgIpc) is 3.44. The van der Waals surface area contributed by atoms with Gasteiger partial charge in [-0.2, -0.15) is 0 Å². The Bertz CT molecular complexity index is 1090. The normalized spacial score (nSPS) is 17.5. The Morgan fingerprint density at radius 1 is 1.03 bits per heavy atom. The van der Waals surface area contributed by atoms with Crippen LogP contribution in [0.5, 0.6) is 0 Å². The number of thiophene rings is 1. The third-order valence-electron chi connectivity index (χ3n) is 5.66. The van der Waals surface area contributed by atoms with Crippen LogP contribution in [0.2, 0.25) is 0 Å². The van der Waals surface area contributed by atoms with Gasteiger partial charge in [0.1, 0.15) is 11.9 Å². The van der Waals surface area contributed by atoms with Crippen molar-refractivity contribution in [1.29, 1.82) is 0 Å². The van der Waals surface area contributed by atoms with Crippen molar-refractivity contribution < 1.29 is 4.79 Å². The molecule has 1 aliphatic heterocycles. The second kappa shape index (κ2) is 8.42. The van der Waals surface area contributed by atoms with Gasteiger partial charge in [0.15, 0.2) is 0 Å². The van der Waals surface area contributed by atoms with Crippen molar-refractivity contribution in [2.24, 2.45) is 0 Å². The standard InChI is InChI=1S/C24H24N4OS/c29-23(15-19-9-6-14-30-19)28-13-12-27(16-18-7-2-1-3-8-18)17-22(28)24-25-20-10-4-5-11-21(20)26-24/h1-11,14,22H,12-13,15-17H2,(H,25,26). The van der Waals surface area contributed by atoms with Crippen LogP contribution in [-0.2, 0) is 17.8 Å². The number of hydrogen-bond acceptors (Lipinski definition) is 4. The third-order valence-corrected chi connectivity index (χ3v) is 6.54. The second-order valence-electron chi connectivity index (χ2n) is 7.72. The third kappa shape index (κ3) is 4.01. The fourth-order valence-electron chi connectivity index (χ4n) is 4.15. The SMILES string of the molecule is O=C(Cc1cccs1)N1CCN(Cc2ccccc2)CC1c1nc2ccccc2[nH]1. The Hall–Kier alpha value is -2.96. The zero-order valence-electron chi connectivity index (χ0n) is 16.7. The first kappa shape index (κ1) is 19.0. The number of carbonyl (C=O) groups excluding carboxylic acids is 1. The molecule has 0 aliphatic carbocycles. The molecule has 2 aromatic carbocycles. The van der Waals surface area contributed by atoms with E-state index in [1.54, 1.807) is 11.3 Å². The molecule has 30 heavy (non-hydrogen) atoms. The van der Waals surface area contributed by atoms with E-state index >= 15 is 0 Å². The summed E-state index contributed by atoms with van der Waals surface area (Å²) in [5.41, 5.74) is 3.25. The first-order valence-electron chi connectivity index (χ1n) is 10.3. The van der Waals surface area contributed by atoms with E-state index in [0.29, 0.717) is 13.0 Å². The molecule has 0 saturated carbocycles. The van der Waals surface area contributed by atoms with Gasteiger partial charge in [0.2, 0.25) is 5.91 Å². The maximum atomic E-state index is 13.2. The summed E-state index contributed by atoms with van der Waals surface area (Å²) in [6.07, 6.45) is 0.451. The van der Waals surface area contributed by atoms with Crippen LogP contribution in [-0.4, -0.2) is 45.3 Å². The van der Waals surface area contributed by atoms with E-state index in [1.807, 2.05) is 52.7 Å². The van der Waals surface area contributed by atoms with Gasteiger partial charge in [0, 0.05) is 31.1 Å². The van der Waals surface area contributed by atoms with Crippen molar-refractivity contribution in [1.82, 2.24) is 19.8 Å². The first-order chi connectivity index (χ1) is 14.8. The Kier molecular flexibility index (Phi) is 5.34. The van der Waals surface area contributed by atoms with Crippen LogP contribution in [0.4, 0.5) is 0 Å². The van der Waals surface area contributed by atoms with Crippen LogP contribution >= 0.6 is 11.3 Å². The number of carbonyl (C=O) groups is 1. The van der Waals surface area contributed by atoms with E-state index in [1.165, 1.54) is 5.56 Å². The molecule has 1 fully saturated rings. The Labute approximate surface area is 180 Å². The van der Waals surface area contributed by atoms with Crippen LogP contribution < -0.4 is 0 Å². The number of rotatable bonds is 5. The minimum Gasteiger partial charge on any atom is -0.340 e. The predicted octanol–water partition coefficient (Wildman–Crippen LogP) is 4.25. The molecule has 1 atom stereocenters. The number of nitrogens with one attached hydrogen (secondary N) is 1. The molecule has 0 radical (unpaired) electrons. The smallest absolute Gasteiger partial charge is 0.228 e. The minimum absolute atomic E-state index is 0.0812. The van der Waals surface area contributed by atoms with Gasteiger partial charge in [-0.25, -0.2) is 4.98 Å². The van der Waals surface area contributed by atoms with Gasteiger partial charge >= 0.3 is 0 Å². The fraction of sp³-hybridized carbons (Fsp3) is 0.250. The summed E-state index contributed by atoms with van der Waals surface area (Å²) >= 11 is 1.64. The summed E-state index contributed by atoms with van der Waals surface area (Å²) in [6.45, 7) is 3.22. The van der Waals surface area contributed by atoms with Gasteiger partial charge < -0.3 is 9.88 Å². The molecule has 2 aromatic heterocycles. The highest BCUT2D eigenvalue weighted by Gasteiger charge is 2.33. The molecular weight excluding hydrogens is 392 g/mol. The van der Waals surface area contributed by atoms with Crippen molar-refractivity contribution in [3.8, 4) is 0 Å². The molecule has 1 unspecified atom stereocenters. The largest absolute Gasteiger partial charge is 0.340 e. The number of para-hydroxylation sites is 2. The highest BCUT2D eigenvalue weighted by atomic mass is 32.1. The molecule has 0 spiro atoms. The van der Waals surface area contributed by atoms with Gasteiger partial charge in [-0.3, -0.25) is 9.69 Å². The van der Waals surface area contributed by atoms with E-state index in [0.717, 1.165) is 41.4 Å². The molecule has 1 aliphatic rings. The number of amides is 1. The van der Waals surface area contributed by atoms with Crippen molar-refractivity contribution in [2.75, 3.05) is 19.6 Å². The summed E-state index contributed by atoms with van der Waals surface area (Å²) in [7, 11) is 0. The van der Waals surface area contributed by atoms with Gasteiger partial charge in [0.25, 0.3) is 0 Å². The lowest BCUT2D eigenvalue weighted by molar-refractivity contribution is -0.136. The number of piperazine rings is 1. The molecule has 3 heterocycles. The van der Waals surface area contributed by atoms with E-state index < -0.39 is 0 Å². The lowest BCUT2D eigenvalue weighted by atomic mass is 10.1. The van der Waals surface area contributed by atoms with Crippen LogP contribution in [0.3, 0.4) is 0 Å². The predicted molar refractivity (Wildman–Crippen MR) is 120 cm³/mol. The van der Waals surface area contributed by atoms with Crippen molar-refractivity contribution in [3.63, 3.8) is 0 Å². The summed E-state index contributed by atoms with van der Waals surface area (Å²) in [4.78, 5) is 27.0. The van der Waals surface area contributed by atoms with Gasteiger partial charge in [0.05, 0.1) is 17.5 Å². The Morgan fingerprint density at radius 2 is 1.87 bits per heavy atom. The lowest BCUT2D eigenvalue weighted by Gasteiger charge is -2.40. The first-order valence-corrected chi connectivity index (χ1v) is 11.2. The van der Waals surface area contributed by atoms with Crippen molar-refractivity contribution >= 4 is 28.3 Å². The van der Waals surface area contributed by atoms with Crippen molar-refractivity contribution in [3.05, 3.63) is 88.4 Å². The molecule has 152 valence electrons. The van der Waals surface area contributed by atoms with Crippen LogP contribution in [0.1, 0.15) is 22.3 Å². The van der Waals surface area contributed by atoms with E-state index in [2.05, 4.69) is 34.1 Å². The number of nitrogens with zero attached hydrogens (tertiary/aromatic N) is 3. The van der Waals surface area contributed by atoms with Crippen LogP contribution in [0.15, 0.2) is 72.1 Å². The highest BCUT2D eigenvalue weighted by Crippen LogP contribution is 2.27. The quantitative estimate of drug-likeness (QED) is 0.529. The molecular formula is C24H24N4OS. The number of fused-ring (bicyclic) bond motifs is 1. The monoisotopic (exact) mass is 416 g/mol. The fourth-order valence-corrected chi connectivity index (χ4v) is 4.85. The zero-order valence-corrected chi connectivity index (χ0v) is 17.5. The molecule has 1 N–H and O–H groups in total. The number of aromatic nitrogens is 2. The molecule has 1 saturated heterocycles. The number of H-pyrrole nitrogens is 1. The summed E-state index contributed by atoms with van der Waals surface area (Å²) in [5, 5.41) is 2.02. The molecule has 4 aromatic rings.